The average Bonchev–Trinajstić information content (AvgIpc) is 2.45. The van der Waals surface area contributed by atoms with Crippen molar-refractivity contribution in [2.45, 2.75) is 52.1 Å². The molecule has 1 heterocycles. The first-order valence-electron chi connectivity index (χ1n) is 8.06. The van der Waals surface area contributed by atoms with Gasteiger partial charge in [0.1, 0.15) is 11.4 Å². The number of nitrogens with zero attached hydrogens (tertiary/aromatic N) is 1. The molecule has 1 atom stereocenters. The molecule has 3 nitrogen and oxygen atoms in total. The highest BCUT2D eigenvalue weighted by Crippen LogP contribution is 2.23. The van der Waals surface area contributed by atoms with E-state index in [0.29, 0.717) is 12.5 Å². The predicted molar refractivity (Wildman–Crippen MR) is 85.3 cm³/mol. The summed E-state index contributed by atoms with van der Waals surface area (Å²) >= 11 is 0. The van der Waals surface area contributed by atoms with Crippen molar-refractivity contribution in [3.63, 3.8) is 0 Å². The zero-order valence-corrected chi connectivity index (χ0v) is 13.8. The normalized spacial score (nSPS) is 19.1. The van der Waals surface area contributed by atoms with Crippen LogP contribution in [0, 0.1) is 11.7 Å². The van der Waals surface area contributed by atoms with Crippen LogP contribution < -0.4 is 0 Å². The number of hydrogen-bond donors (Lipinski definition) is 0. The summed E-state index contributed by atoms with van der Waals surface area (Å²) in [6.07, 6.45) is 3.47. The lowest BCUT2D eigenvalue weighted by molar-refractivity contribution is 0.0162. The molecule has 1 fully saturated rings. The molecule has 1 aliphatic heterocycles. The molecule has 0 saturated carbocycles. The Hall–Kier alpha value is -1.58. The fraction of sp³-hybridized carbons (Fsp3) is 0.611. The van der Waals surface area contributed by atoms with Crippen LogP contribution in [0.5, 0.6) is 0 Å². The number of carbonyl (C=O) groups is 1. The second-order valence-corrected chi connectivity index (χ2v) is 7.06. The molecule has 1 amide bonds. The first kappa shape index (κ1) is 16.8. The van der Waals surface area contributed by atoms with Crippen molar-refractivity contribution in [2.75, 3.05) is 13.1 Å². The minimum atomic E-state index is -0.461. The summed E-state index contributed by atoms with van der Waals surface area (Å²) in [5.74, 6) is 0.281. The molecule has 0 spiro atoms. The van der Waals surface area contributed by atoms with E-state index >= 15 is 0 Å². The number of amides is 1. The van der Waals surface area contributed by atoms with Crippen molar-refractivity contribution >= 4 is 6.09 Å². The van der Waals surface area contributed by atoms with Crippen molar-refractivity contribution in [3.05, 3.63) is 35.6 Å². The number of likely N-dealkylation sites (tertiary alicyclic amines) is 1. The maximum absolute atomic E-state index is 13.6. The van der Waals surface area contributed by atoms with E-state index in [4.69, 9.17) is 4.74 Å². The second kappa shape index (κ2) is 7.12. The Bertz CT molecular complexity index is 510. The third-order valence-corrected chi connectivity index (χ3v) is 3.95. The van der Waals surface area contributed by atoms with E-state index in [9.17, 15) is 9.18 Å². The van der Waals surface area contributed by atoms with Crippen LogP contribution in [-0.2, 0) is 11.2 Å². The number of rotatable bonds is 3. The molecule has 0 bridgehead atoms. The van der Waals surface area contributed by atoms with Crippen LogP contribution in [0.15, 0.2) is 24.3 Å². The molecule has 0 aromatic heterocycles. The van der Waals surface area contributed by atoms with E-state index in [1.165, 1.54) is 6.07 Å². The van der Waals surface area contributed by atoms with Crippen molar-refractivity contribution in [1.29, 1.82) is 0 Å². The highest BCUT2D eigenvalue weighted by Gasteiger charge is 2.27. The minimum Gasteiger partial charge on any atom is -0.444 e. The Morgan fingerprint density at radius 3 is 2.77 bits per heavy atom. The van der Waals surface area contributed by atoms with Gasteiger partial charge in [-0.1, -0.05) is 18.2 Å². The molecule has 122 valence electrons. The number of piperidine rings is 1. The molecule has 4 heteroatoms. The van der Waals surface area contributed by atoms with Crippen LogP contribution in [-0.4, -0.2) is 29.7 Å². The van der Waals surface area contributed by atoms with E-state index < -0.39 is 5.60 Å². The lowest BCUT2D eigenvalue weighted by atomic mass is 9.92. The number of ether oxygens (including phenoxy) is 1. The van der Waals surface area contributed by atoms with Gasteiger partial charge >= 0.3 is 6.09 Å². The molecule has 2 rings (SSSR count). The largest absolute Gasteiger partial charge is 0.444 e. The Kier molecular flexibility index (Phi) is 5.43. The van der Waals surface area contributed by atoms with Gasteiger partial charge in [-0.3, -0.25) is 0 Å². The first-order chi connectivity index (χ1) is 10.3. The summed E-state index contributed by atoms with van der Waals surface area (Å²) in [5, 5.41) is 0. The van der Waals surface area contributed by atoms with Crippen molar-refractivity contribution in [1.82, 2.24) is 4.90 Å². The van der Waals surface area contributed by atoms with E-state index in [1.807, 2.05) is 32.9 Å². The summed E-state index contributed by atoms with van der Waals surface area (Å²) in [6.45, 7) is 7.11. The van der Waals surface area contributed by atoms with Crippen LogP contribution in [0.25, 0.3) is 0 Å². The van der Waals surface area contributed by atoms with Gasteiger partial charge in [0.25, 0.3) is 0 Å². The van der Waals surface area contributed by atoms with Crippen LogP contribution in [0.2, 0.25) is 0 Å². The highest BCUT2D eigenvalue weighted by atomic mass is 19.1. The topological polar surface area (TPSA) is 29.5 Å². The molecule has 1 aromatic carbocycles. The number of hydrogen-bond acceptors (Lipinski definition) is 2. The molecule has 1 saturated heterocycles. The van der Waals surface area contributed by atoms with Gasteiger partial charge in [-0.25, -0.2) is 9.18 Å². The molecular weight excluding hydrogens is 281 g/mol. The second-order valence-electron chi connectivity index (χ2n) is 7.06. The zero-order valence-electron chi connectivity index (χ0n) is 13.8. The first-order valence-corrected chi connectivity index (χ1v) is 8.06. The fourth-order valence-corrected chi connectivity index (χ4v) is 2.85. The highest BCUT2D eigenvalue weighted by molar-refractivity contribution is 5.68. The number of aryl methyl sites for hydroxylation is 1. The monoisotopic (exact) mass is 307 g/mol. The molecule has 22 heavy (non-hydrogen) atoms. The van der Waals surface area contributed by atoms with Crippen LogP contribution in [0.3, 0.4) is 0 Å². The lowest BCUT2D eigenvalue weighted by Gasteiger charge is -2.34. The van der Waals surface area contributed by atoms with E-state index in [2.05, 4.69) is 0 Å². The quantitative estimate of drug-likeness (QED) is 0.828. The zero-order chi connectivity index (χ0) is 16.2. The third kappa shape index (κ3) is 5.00. The Balaban J connectivity index is 1.86. The van der Waals surface area contributed by atoms with E-state index in [0.717, 1.165) is 37.8 Å². The Labute approximate surface area is 132 Å². The molecular formula is C18H26FNO2. The van der Waals surface area contributed by atoms with Crippen molar-refractivity contribution in [3.8, 4) is 0 Å². The molecule has 0 radical (unpaired) electrons. The number of halogens is 1. The maximum Gasteiger partial charge on any atom is 0.410 e. The van der Waals surface area contributed by atoms with E-state index in [-0.39, 0.29) is 11.9 Å². The van der Waals surface area contributed by atoms with Crippen LogP contribution in [0.1, 0.15) is 45.6 Å². The molecule has 1 unspecified atom stereocenters. The summed E-state index contributed by atoms with van der Waals surface area (Å²) < 4.78 is 19.1. The van der Waals surface area contributed by atoms with Crippen LogP contribution in [0.4, 0.5) is 9.18 Å². The lowest BCUT2D eigenvalue weighted by Crippen LogP contribution is -2.43. The Morgan fingerprint density at radius 1 is 1.36 bits per heavy atom. The molecule has 1 aliphatic rings. The number of benzene rings is 1. The number of carbonyl (C=O) groups excluding carboxylic acids is 1. The summed E-state index contributed by atoms with van der Waals surface area (Å²) in [5.41, 5.74) is 0.300. The molecule has 1 aromatic rings. The SMILES string of the molecule is CC(C)(C)OC(=O)N1CCCC(CCc2ccccc2F)C1. The van der Waals surface area contributed by atoms with Gasteiger partial charge in [-0.05, 0) is 64.0 Å². The van der Waals surface area contributed by atoms with Crippen molar-refractivity contribution in [2.24, 2.45) is 5.92 Å². The van der Waals surface area contributed by atoms with E-state index in [1.54, 1.807) is 11.0 Å². The fourth-order valence-electron chi connectivity index (χ4n) is 2.85. The maximum atomic E-state index is 13.6. The van der Waals surface area contributed by atoms with Crippen LogP contribution >= 0.6 is 0 Å². The smallest absolute Gasteiger partial charge is 0.410 e. The molecule has 0 aliphatic carbocycles. The van der Waals surface area contributed by atoms with Gasteiger partial charge < -0.3 is 9.64 Å². The van der Waals surface area contributed by atoms with Gasteiger partial charge in [0.15, 0.2) is 0 Å². The van der Waals surface area contributed by atoms with Gasteiger partial charge in [0, 0.05) is 13.1 Å². The summed E-state index contributed by atoms with van der Waals surface area (Å²) in [6, 6.07) is 6.92. The van der Waals surface area contributed by atoms with Gasteiger partial charge in [-0.15, -0.1) is 0 Å². The average molecular weight is 307 g/mol. The van der Waals surface area contributed by atoms with Gasteiger partial charge in [-0.2, -0.15) is 0 Å². The summed E-state index contributed by atoms with van der Waals surface area (Å²) in [7, 11) is 0. The predicted octanol–water partition coefficient (Wildman–Crippen LogP) is 4.41. The van der Waals surface area contributed by atoms with Gasteiger partial charge in [0.05, 0.1) is 0 Å². The van der Waals surface area contributed by atoms with Gasteiger partial charge in [0.2, 0.25) is 0 Å². The third-order valence-electron chi connectivity index (χ3n) is 3.95. The standard InChI is InChI=1S/C18H26FNO2/c1-18(2,3)22-17(21)20-12-6-7-14(13-20)10-11-15-8-4-5-9-16(15)19/h4-5,8-9,14H,6-7,10-13H2,1-3H3. The minimum absolute atomic E-state index is 0.137. The Morgan fingerprint density at radius 2 is 2.09 bits per heavy atom. The molecule has 0 N–H and O–H groups in total. The summed E-state index contributed by atoms with van der Waals surface area (Å²) in [4.78, 5) is 13.9. The van der Waals surface area contributed by atoms with Crippen molar-refractivity contribution < 1.29 is 13.9 Å².